The van der Waals surface area contributed by atoms with Crippen molar-refractivity contribution in [3.05, 3.63) is 82.1 Å². The SMILES string of the molecule is O=C(CSc1nccn(-c2cccc(Cl)c2)c1=O)Nc1ccccc1F. The van der Waals surface area contributed by atoms with E-state index in [9.17, 15) is 14.0 Å². The summed E-state index contributed by atoms with van der Waals surface area (Å²) in [5.41, 5.74) is 0.330. The lowest BCUT2D eigenvalue weighted by atomic mass is 10.3. The molecular formula is C18H13ClFN3O2S. The summed E-state index contributed by atoms with van der Waals surface area (Å²) in [4.78, 5) is 28.6. The van der Waals surface area contributed by atoms with Crippen molar-refractivity contribution >= 4 is 35.0 Å². The Morgan fingerprint density at radius 2 is 2.04 bits per heavy atom. The van der Waals surface area contributed by atoms with E-state index in [0.717, 1.165) is 11.8 Å². The summed E-state index contributed by atoms with van der Waals surface area (Å²) >= 11 is 6.94. The van der Waals surface area contributed by atoms with Crippen molar-refractivity contribution in [1.29, 1.82) is 0 Å². The first kappa shape index (κ1) is 18.2. The van der Waals surface area contributed by atoms with Gasteiger partial charge in [0, 0.05) is 17.4 Å². The van der Waals surface area contributed by atoms with Crippen LogP contribution in [0.25, 0.3) is 5.69 Å². The molecule has 0 fully saturated rings. The molecule has 0 bridgehead atoms. The summed E-state index contributed by atoms with van der Waals surface area (Å²) in [6.45, 7) is 0. The molecule has 0 aliphatic carbocycles. The zero-order chi connectivity index (χ0) is 18.5. The minimum absolute atomic E-state index is 0.0733. The van der Waals surface area contributed by atoms with Gasteiger partial charge < -0.3 is 5.32 Å². The van der Waals surface area contributed by atoms with Gasteiger partial charge in [0.15, 0.2) is 5.03 Å². The van der Waals surface area contributed by atoms with E-state index in [4.69, 9.17) is 11.6 Å². The molecule has 1 heterocycles. The fourth-order valence-corrected chi connectivity index (χ4v) is 3.09. The van der Waals surface area contributed by atoms with Crippen molar-refractivity contribution < 1.29 is 9.18 Å². The second-order valence-corrected chi connectivity index (χ2v) is 6.60. The lowest BCUT2D eigenvalue weighted by Crippen LogP contribution is -2.22. The molecule has 132 valence electrons. The second-order valence-electron chi connectivity index (χ2n) is 5.20. The Hall–Kier alpha value is -2.64. The maximum absolute atomic E-state index is 13.6. The Balaban J connectivity index is 1.73. The number of amides is 1. The first-order valence-electron chi connectivity index (χ1n) is 7.55. The zero-order valence-corrected chi connectivity index (χ0v) is 14.9. The summed E-state index contributed by atoms with van der Waals surface area (Å²) in [5.74, 6) is -1.03. The molecule has 3 rings (SSSR count). The van der Waals surface area contributed by atoms with Crippen LogP contribution in [0.15, 0.2) is 70.7 Å². The van der Waals surface area contributed by atoms with Crippen molar-refractivity contribution in [2.45, 2.75) is 5.03 Å². The first-order chi connectivity index (χ1) is 12.5. The molecule has 1 N–H and O–H groups in total. The van der Waals surface area contributed by atoms with Gasteiger partial charge in [-0.25, -0.2) is 9.37 Å². The Morgan fingerprint density at radius 1 is 1.23 bits per heavy atom. The highest BCUT2D eigenvalue weighted by Crippen LogP contribution is 2.17. The normalized spacial score (nSPS) is 10.5. The fraction of sp³-hybridized carbons (Fsp3) is 0.0556. The van der Waals surface area contributed by atoms with Crippen LogP contribution in [0.2, 0.25) is 5.02 Å². The minimum atomic E-state index is -0.521. The topological polar surface area (TPSA) is 64.0 Å². The molecule has 26 heavy (non-hydrogen) atoms. The summed E-state index contributed by atoms with van der Waals surface area (Å²) < 4.78 is 15.0. The number of nitrogens with zero attached hydrogens (tertiary/aromatic N) is 2. The van der Waals surface area contributed by atoms with Gasteiger partial charge in [0.2, 0.25) is 5.91 Å². The molecule has 0 saturated heterocycles. The van der Waals surface area contributed by atoms with Gasteiger partial charge in [0.1, 0.15) is 5.82 Å². The van der Waals surface area contributed by atoms with E-state index in [1.807, 2.05) is 0 Å². The van der Waals surface area contributed by atoms with Crippen molar-refractivity contribution in [3.8, 4) is 5.69 Å². The van der Waals surface area contributed by atoms with Gasteiger partial charge in [0.25, 0.3) is 5.56 Å². The summed E-state index contributed by atoms with van der Waals surface area (Å²) in [7, 11) is 0. The molecule has 5 nitrogen and oxygen atoms in total. The van der Waals surface area contributed by atoms with Gasteiger partial charge in [-0.2, -0.15) is 0 Å². The Kier molecular flexibility index (Phi) is 5.70. The Bertz CT molecular complexity index is 1010. The standard InChI is InChI=1S/C18H13ClFN3O2S/c19-12-4-3-5-13(10-12)23-9-8-21-17(18(23)25)26-11-16(24)22-15-7-2-1-6-14(15)20/h1-10H,11H2,(H,22,24). The number of para-hydroxylation sites is 1. The molecule has 0 aliphatic rings. The molecule has 3 aromatic rings. The van der Waals surface area contributed by atoms with E-state index < -0.39 is 11.7 Å². The highest BCUT2D eigenvalue weighted by atomic mass is 35.5. The molecule has 2 aromatic carbocycles. The quantitative estimate of drug-likeness (QED) is 0.675. The number of carbonyl (C=O) groups is 1. The van der Waals surface area contributed by atoms with Crippen molar-refractivity contribution in [1.82, 2.24) is 9.55 Å². The Labute approximate surface area is 157 Å². The van der Waals surface area contributed by atoms with Crippen molar-refractivity contribution in [3.63, 3.8) is 0 Å². The van der Waals surface area contributed by atoms with Crippen LogP contribution in [-0.2, 0) is 4.79 Å². The fourth-order valence-electron chi connectivity index (χ4n) is 2.20. The number of carbonyl (C=O) groups excluding carboxylic acids is 1. The van der Waals surface area contributed by atoms with Crippen LogP contribution in [0.1, 0.15) is 0 Å². The smallest absolute Gasteiger partial charge is 0.287 e. The van der Waals surface area contributed by atoms with Crippen LogP contribution in [-0.4, -0.2) is 21.2 Å². The average Bonchev–Trinajstić information content (AvgIpc) is 2.63. The predicted molar refractivity (Wildman–Crippen MR) is 101 cm³/mol. The molecule has 0 aliphatic heterocycles. The highest BCUT2D eigenvalue weighted by Gasteiger charge is 2.11. The third-order valence-corrected chi connectivity index (χ3v) is 4.58. The second kappa shape index (κ2) is 8.16. The summed E-state index contributed by atoms with van der Waals surface area (Å²) in [6.07, 6.45) is 3.00. The third kappa shape index (κ3) is 4.30. The van der Waals surface area contributed by atoms with E-state index in [2.05, 4.69) is 10.3 Å². The van der Waals surface area contributed by atoms with Gasteiger partial charge in [-0.15, -0.1) is 0 Å². The monoisotopic (exact) mass is 389 g/mol. The molecule has 0 saturated carbocycles. The van der Waals surface area contributed by atoms with E-state index in [-0.39, 0.29) is 22.0 Å². The van der Waals surface area contributed by atoms with E-state index in [1.165, 1.54) is 35.2 Å². The van der Waals surface area contributed by atoms with E-state index in [0.29, 0.717) is 10.7 Å². The number of anilines is 1. The van der Waals surface area contributed by atoms with Gasteiger partial charge in [0.05, 0.1) is 17.1 Å². The largest absolute Gasteiger partial charge is 0.323 e. The maximum atomic E-state index is 13.6. The summed E-state index contributed by atoms with van der Waals surface area (Å²) in [6, 6.07) is 12.7. The number of benzene rings is 2. The highest BCUT2D eigenvalue weighted by molar-refractivity contribution is 7.99. The van der Waals surface area contributed by atoms with E-state index >= 15 is 0 Å². The number of rotatable bonds is 5. The molecule has 0 unspecified atom stereocenters. The molecular weight excluding hydrogens is 377 g/mol. The lowest BCUT2D eigenvalue weighted by Gasteiger charge is -2.08. The van der Waals surface area contributed by atoms with Crippen LogP contribution in [0, 0.1) is 5.82 Å². The molecule has 1 amide bonds. The molecule has 8 heteroatoms. The van der Waals surface area contributed by atoms with Gasteiger partial charge in [-0.3, -0.25) is 14.2 Å². The van der Waals surface area contributed by atoms with Crippen LogP contribution in [0.5, 0.6) is 0 Å². The van der Waals surface area contributed by atoms with Crippen molar-refractivity contribution in [2.24, 2.45) is 0 Å². The number of thioether (sulfide) groups is 1. The lowest BCUT2D eigenvalue weighted by molar-refractivity contribution is -0.113. The van der Waals surface area contributed by atoms with E-state index in [1.54, 1.807) is 30.3 Å². The van der Waals surface area contributed by atoms with Crippen LogP contribution in [0.3, 0.4) is 0 Å². The zero-order valence-electron chi connectivity index (χ0n) is 13.4. The Morgan fingerprint density at radius 3 is 2.81 bits per heavy atom. The van der Waals surface area contributed by atoms with Crippen LogP contribution in [0.4, 0.5) is 10.1 Å². The first-order valence-corrected chi connectivity index (χ1v) is 8.92. The number of aromatic nitrogens is 2. The predicted octanol–water partition coefficient (Wildman–Crippen LogP) is 3.76. The number of hydrogen-bond donors (Lipinski definition) is 1. The third-order valence-electron chi connectivity index (χ3n) is 3.38. The molecule has 0 atom stereocenters. The van der Waals surface area contributed by atoms with Gasteiger partial charge in [-0.1, -0.05) is 41.6 Å². The molecule has 1 aromatic heterocycles. The van der Waals surface area contributed by atoms with Gasteiger partial charge in [-0.05, 0) is 30.3 Å². The number of halogens is 2. The summed E-state index contributed by atoms with van der Waals surface area (Å²) in [5, 5.41) is 3.13. The molecule has 0 radical (unpaired) electrons. The number of hydrogen-bond acceptors (Lipinski definition) is 4. The minimum Gasteiger partial charge on any atom is -0.323 e. The van der Waals surface area contributed by atoms with Gasteiger partial charge >= 0.3 is 0 Å². The van der Waals surface area contributed by atoms with Crippen LogP contribution >= 0.6 is 23.4 Å². The number of nitrogens with one attached hydrogen (secondary N) is 1. The molecule has 0 spiro atoms. The van der Waals surface area contributed by atoms with Crippen molar-refractivity contribution in [2.75, 3.05) is 11.1 Å². The van der Waals surface area contributed by atoms with Crippen LogP contribution < -0.4 is 10.9 Å². The average molecular weight is 390 g/mol. The maximum Gasteiger partial charge on any atom is 0.287 e.